The second-order valence-corrected chi connectivity index (χ2v) is 11.0. The molecule has 0 aliphatic carbocycles. The summed E-state index contributed by atoms with van der Waals surface area (Å²) in [5, 5.41) is 3.24. The number of unbranched alkanes of at least 4 members (excludes halogenated alkanes) is 2. The lowest BCUT2D eigenvalue weighted by Crippen LogP contribution is -2.56. The maximum atomic E-state index is 13.3. The third kappa shape index (κ3) is 6.61. The number of ether oxygens (including phenoxy) is 2. The molecule has 1 N–H and O–H groups in total. The summed E-state index contributed by atoms with van der Waals surface area (Å²) >= 11 is 0. The average Bonchev–Trinajstić information content (AvgIpc) is 2.98. The number of aldehydes is 1. The number of piperidine rings is 4. The van der Waals surface area contributed by atoms with E-state index >= 15 is 0 Å². The van der Waals surface area contributed by atoms with E-state index in [0.29, 0.717) is 56.2 Å². The molecule has 1 atom stereocenters. The van der Waals surface area contributed by atoms with Crippen molar-refractivity contribution in [2.24, 2.45) is 5.92 Å². The van der Waals surface area contributed by atoms with Crippen molar-refractivity contribution in [3.05, 3.63) is 65.7 Å². The predicted octanol–water partition coefficient (Wildman–Crippen LogP) is 4.39. The van der Waals surface area contributed by atoms with E-state index in [9.17, 15) is 14.4 Å². The topological polar surface area (TPSA) is 88.2 Å². The summed E-state index contributed by atoms with van der Waals surface area (Å²) in [5.41, 5.74) is 1.08. The zero-order valence-corrected chi connectivity index (χ0v) is 22.6. The molecule has 4 heterocycles. The molecule has 0 aromatic heterocycles. The first-order valence-corrected chi connectivity index (χ1v) is 14.3. The van der Waals surface area contributed by atoms with Crippen molar-refractivity contribution in [3.63, 3.8) is 0 Å². The zero-order valence-electron chi connectivity index (χ0n) is 22.6. The Morgan fingerprint density at radius 1 is 0.949 bits per heavy atom. The van der Waals surface area contributed by atoms with Crippen molar-refractivity contribution in [2.75, 3.05) is 39.3 Å². The van der Waals surface area contributed by atoms with Gasteiger partial charge >= 0.3 is 6.09 Å². The monoisotopic (exact) mass is 533 g/mol. The first-order chi connectivity index (χ1) is 19.1. The van der Waals surface area contributed by atoms with Crippen molar-refractivity contribution in [2.45, 2.75) is 56.6 Å². The number of hydrogen-bond donors (Lipinski definition) is 1. The molecule has 6 rings (SSSR count). The minimum absolute atomic E-state index is 0.0240. The van der Waals surface area contributed by atoms with Crippen LogP contribution in [0.4, 0.5) is 4.79 Å². The number of carbonyl (C=O) groups excluding carboxylic acids is 3. The van der Waals surface area contributed by atoms with Crippen LogP contribution in [0.25, 0.3) is 0 Å². The van der Waals surface area contributed by atoms with Gasteiger partial charge in [-0.05, 0) is 87.4 Å². The lowest BCUT2D eigenvalue weighted by molar-refractivity contribution is -0.107. The molecule has 0 spiro atoms. The maximum absolute atomic E-state index is 13.3. The fraction of sp³-hybridized carbons (Fsp3) is 0.516. The second-order valence-electron chi connectivity index (χ2n) is 11.0. The van der Waals surface area contributed by atoms with E-state index < -0.39 is 5.54 Å². The average molecular weight is 534 g/mol. The number of likely N-dealkylation sites (tertiary alicyclic amines) is 1. The molecule has 2 aromatic rings. The number of nitrogens with zero attached hydrogens (tertiary/aromatic N) is 2. The number of fused-ring (bicyclic) bond motifs is 3. The SMILES string of the molecule is O=CCCCCOc1ccc(C(=O)N2CCC(NC(=O)O[C@H]3CN4CCC3CC4)(c3ccccc3)CC2)cc1. The molecule has 39 heavy (non-hydrogen) atoms. The van der Waals surface area contributed by atoms with Crippen molar-refractivity contribution < 1.29 is 23.9 Å². The standard InChI is InChI=1S/C31H39N3O5/c35-21-5-2-6-22-38-27-11-9-25(10-12-27)29(36)34-19-15-31(16-20-34,26-7-3-1-4-8-26)32-30(37)39-28-23-33-17-13-24(28)14-18-33/h1,3-4,7-12,21,24,28H,2,5-6,13-20,22-23H2,(H,32,37)/t28-/m0/s1. The summed E-state index contributed by atoms with van der Waals surface area (Å²) < 4.78 is 11.7. The molecule has 0 radical (unpaired) electrons. The van der Waals surface area contributed by atoms with Gasteiger partial charge in [0.25, 0.3) is 5.91 Å². The molecule has 8 heteroatoms. The van der Waals surface area contributed by atoms with Crippen molar-refractivity contribution in [1.82, 2.24) is 15.1 Å². The van der Waals surface area contributed by atoms with Crippen LogP contribution in [-0.2, 0) is 15.1 Å². The van der Waals surface area contributed by atoms with Crippen LogP contribution in [0.2, 0.25) is 0 Å². The van der Waals surface area contributed by atoms with Gasteiger partial charge in [0.15, 0.2) is 0 Å². The Hall–Kier alpha value is -3.39. The van der Waals surface area contributed by atoms with E-state index in [-0.39, 0.29) is 18.1 Å². The Morgan fingerprint density at radius 2 is 1.67 bits per heavy atom. The molecule has 4 aliphatic heterocycles. The number of amides is 2. The maximum Gasteiger partial charge on any atom is 0.408 e. The van der Waals surface area contributed by atoms with Crippen LogP contribution < -0.4 is 10.1 Å². The predicted molar refractivity (Wildman–Crippen MR) is 148 cm³/mol. The summed E-state index contributed by atoms with van der Waals surface area (Å²) in [6.45, 7) is 4.63. The van der Waals surface area contributed by atoms with Gasteiger partial charge in [0, 0.05) is 31.6 Å². The number of hydrogen-bond acceptors (Lipinski definition) is 6. The minimum Gasteiger partial charge on any atom is -0.494 e. The molecule has 4 aliphatic rings. The fourth-order valence-corrected chi connectivity index (χ4v) is 6.14. The van der Waals surface area contributed by atoms with Crippen molar-refractivity contribution in [1.29, 1.82) is 0 Å². The lowest BCUT2D eigenvalue weighted by Gasteiger charge is -2.45. The molecule has 0 saturated carbocycles. The van der Waals surface area contributed by atoms with Crippen LogP contribution in [-0.4, -0.2) is 73.5 Å². The lowest BCUT2D eigenvalue weighted by atomic mass is 9.80. The van der Waals surface area contributed by atoms with Crippen molar-refractivity contribution in [3.8, 4) is 5.75 Å². The number of alkyl carbamates (subject to hydrolysis) is 1. The number of rotatable bonds is 10. The van der Waals surface area contributed by atoms with E-state index in [1.165, 1.54) is 0 Å². The molecule has 2 bridgehead atoms. The number of carbonyl (C=O) groups is 3. The van der Waals surface area contributed by atoms with E-state index in [2.05, 4.69) is 10.2 Å². The molecular formula is C31H39N3O5. The second kappa shape index (κ2) is 12.6. The first-order valence-electron chi connectivity index (χ1n) is 14.3. The smallest absolute Gasteiger partial charge is 0.408 e. The van der Waals surface area contributed by atoms with Gasteiger partial charge in [0.05, 0.1) is 12.1 Å². The Labute approximate surface area is 230 Å². The van der Waals surface area contributed by atoms with Crippen LogP contribution in [0.5, 0.6) is 5.75 Å². The normalized spacial score (nSPS) is 23.6. The third-order valence-corrected chi connectivity index (χ3v) is 8.51. The molecule has 4 fully saturated rings. The Balaban J connectivity index is 1.19. The van der Waals surface area contributed by atoms with Gasteiger partial charge in [-0.25, -0.2) is 4.79 Å². The summed E-state index contributed by atoms with van der Waals surface area (Å²) in [7, 11) is 0. The molecule has 4 saturated heterocycles. The van der Waals surface area contributed by atoms with Crippen LogP contribution in [0.15, 0.2) is 54.6 Å². The first kappa shape index (κ1) is 27.2. The quantitative estimate of drug-likeness (QED) is 0.360. The third-order valence-electron chi connectivity index (χ3n) is 8.51. The summed E-state index contributed by atoms with van der Waals surface area (Å²) in [4.78, 5) is 41.1. The number of nitrogens with one attached hydrogen (secondary N) is 1. The van der Waals surface area contributed by atoms with Gasteiger partial charge in [-0.15, -0.1) is 0 Å². The van der Waals surface area contributed by atoms with E-state index in [1.54, 1.807) is 12.1 Å². The van der Waals surface area contributed by atoms with Gasteiger partial charge in [-0.1, -0.05) is 30.3 Å². The Bertz CT molecular complexity index is 1110. The van der Waals surface area contributed by atoms with Crippen LogP contribution in [0.3, 0.4) is 0 Å². The molecule has 208 valence electrons. The Morgan fingerprint density at radius 3 is 2.31 bits per heavy atom. The fourth-order valence-electron chi connectivity index (χ4n) is 6.14. The molecule has 2 amide bonds. The molecular weight excluding hydrogens is 494 g/mol. The molecule has 0 unspecified atom stereocenters. The Kier molecular flexibility index (Phi) is 8.81. The highest BCUT2D eigenvalue weighted by molar-refractivity contribution is 5.94. The van der Waals surface area contributed by atoms with Gasteiger partial charge < -0.3 is 24.5 Å². The van der Waals surface area contributed by atoms with Gasteiger partial charge in [-0.2, -0.15) is 0 Å². The van der Waals surface area contributed by atoms with Crippen LogP contribution in [0, 0.1) is 5.92 Å². The summed E-state index contributed by atoms with van der Waals surface area (Å²) in [5.74, 6) is 1.14. The van der Waals surface area contributed by atoms with Crippen LogP contribution >= 0.6 is 0 Å². The molecule has 8 nitrogen and oxygen atoms in total. The summed E-state index contributed by atoms with van der Waals surface area (Å²) in [6, 6.07) is 17.3. The highest BCUT2D eigenvalue weighted by Crippen LogP contribution is 2.35. The largest absolute Gasteiger partial charge is 0.494 e. The van der Waals surface area contributed by atoms with E-state index in [0.717, 1.165) is 57.2 Å². The minimum atomic E-state index is -0.579. The van der Waals surface area contributed by atoms with Crippen molar-refractivity contribution >= 4 is 18.3 Å². The van der Waals surface area contributed by atoms with Gasteiger partial charge in [0.2, 0.25) is 0 Å². The number of benzene rings is 2. The van der Waals surface area contributed by atoms with Gasteiger partial charge in [0.1, 0.15) is 18.1 Å². The molecule has 2 aromatic carbocycles. The highest BCUT2D eigenvalue weighted by atomic mass is 16.6. The van der Waals surface area contributed by atoms with Gasteiger partial charge in [-0.3, -0.25) is 9.69 Å². The van der Waals surface area contributed by atoms with E-state index in [1.807, 2.05) is 47.4 Å². The highest BCUT2D eigenvalue weighted by Gasteiger charge is 2.41. The van der Waals surface area contributed by atoms with Crippen LogP contribution in [0.1, 0.15) is 60.9 Å². The summed E-state index contributed by atoms with van der Waals surface area (Å²) in [6.07, 6.45) is 6.09. The zero-order chi connectivity index (χ0) is 27.1. The van der Waals surface area contributed by atoms with E-state index in [4.69, 9.17) is 9.47 Å².